The first-order chi connectivity index (χ1) is 6.25. The van der Waals surface area contributed by atoms with Crippen LogP contribution in [0.5, 0.6) is 0 Å². The van der Waals surface area contributed by atoms with Crippen molar-refractivity contribution in [2.75, 3.05) is 6.79 Å². The van der Waals surface area contributed by atoms with E-state index in [1.54, 1.807) is 0 Å². The fraction of sp³-hybridized carbons (Fsp3) is 0.600. The second-order valence-electron chi connectivity index (χ2n) is 3.48. The number of allylic oxidation sites excluding steroid dienone is 1. The number of rotatable bonds is 2. The molecule has 72 valence electrons. The van der Waals surface area contributed by atoms with Crippen LogP contribution in [0.4, 0.5) is 0 Å². The lowest BCUT2D eigenvalue weighted by atomic mass is 10.1. The van der Waals surface area contributed by atoms with Crippen molar-refractivity contribution >= 4 is 0 Å². The third-order valence-corrected chi connectivity index (χ3v) is 2.02. The van der Waals surface area contributed by atoms with Gasteiger partial charge in [-0.15, -0.1) is 0 Å². The summed E-state index contributed by atoms with van der Waals surface area (Å²) in [6, 6.07) is 0. The van der Waals surface area contributed by atoms with Crippen LogP contribution in [0.25, 0.3) is 0 Å². The van der Waals surface area contributed by atoms with Crippen molar-refractivity contribution in [3.63, 3.8) is 0 Å². The molecule has 0 aromatic heterocycles. The molecular formula is C10H14O3. The summed E-state index contributed by atoms with van der Waals surface area (Å²) in [4.78, 5) is 0. The average Bonchev–Trinajstić information content (AvgIpc) is 2.49. The van der Waals surface area contributed by atoms with Gasteiger partial charge in [0.05, 0.1) is 12.2 Å². The monoisotopic (exact) mass is 182 g/mol. The van der Waals surface area contributed by atoms with Gasteiger partial charge in [-0.05, 0) is 19.9 Å². The highest BCUT2D eigenvalue weighted by Gasteiger charge is 2.23. The summed E-state index contributed by atoms with van der Waals surface area (Å²) in [5.74, 6) is 1.79. The first kappa shape index (κ1) is 8.63. The van der Waals surface area contributed by atoms with Gasteiger partial charge in [0.1, 0.15) is 5.76 Å². The van der Waals surface area contributed by atoms with Crippen molar-refractivity contribution in [2.45, 2.75) is 32.5 Å². The number of ether oxygens (including phenoxy) is 3. The van der Waals surface area contributed by atoms with Crippen molar-refractivity contribution in [3.8, 4) is 0 Å². The Hall–Kier alpha value is -0.960. The molecule has 3 heteroatoms. The second kappa shape index (κ2) is 3.42. The summed E-state index contributed by atoms with van der Waals surface area (Å²) in [6.45, 7) is 4.41. The normalized spacial score (nSPS) is 25.9. The van der Waals surface area contributed by atoms with Crippen LogP contribution in [-0.4, -0.2) is 19.0 Å². The lowest BCUT2D eigenvalue weighted by Crippen LogP contribution is -2.18. The Morgan fingerprint density at radius 2 is 2.31 bits per heavy atom. The molecule has 1 aliphatic heterocycles. The Morgan fingerprint density at radius 1 is 1.46 bits per heavy atom. The maximum atomic E-state index is 5.64. The zero-order chi connectivity index (χ0) is 9.26. The van der Waals surface area contributed by atoms with Crippen LogP contribution in [0.2, 0.25) is 0 Å². The van der Waals surface area contributed by atoms with Crippen molar-refractivity contribution in [1.29, 1.82) is 0 Å². The van der Waals surface area contributed by atoms with Crippen LogP contribution in [0.3, 0.4) is 0 Å². The quantitative estimate of drug-likeness (QED) is 0.653. The number of hydrogen-bond donors (Lipinski definition) is 0. The first-order valence-corrected chi connectivity index (χ1v) is 4.58. The molecule has 0 unspecified atom stereocenters. The average molecular weight is 182 g/mol. The van der Waals surface area contributed by atoms with E-state index < -0.39 is 0 Å². The molecule has 1 heterocycles. The van der Waals surface area contributed by atoms with Gasteiger partial charge in [0.25, 0.3) is 0 Å². The van der Waals surface area contributed by atoms with E-state index in [4.69, 9.17) is 14.2 Å². The molecule has 0 N–H and O–H groups in total. The smallest absolute Gasteiger partial charge is 0.230 e. The van der Waals surface area contributed by atoms with Crippen LogP contribution in [0.1, 0.15) is 20.3 Å². The largest absolute Gasteiger partial charge is 0.458 e. The van der Waals surface area contributed by atoms with Gasteiger partial charge in [-0.25, -0.2) is 0 Å². The van der Waals surface area contributed by atoms with E-state index in [2.05, 4.69) is 0 Å². The Kier molecular flexibility index (Phi) is 2.27. The summed E-state index contributed by atoms with van der Waals surface area (Å²) in [5.41, 5.74) is 0. The highest BCUT2D eigenvalue weighted by Crippen LogP contribution is 2.27. The minimum Gasteiger partial charge on any atom is -0.458 e. The van der Waals surface area contributed by atoms with E-state index in [1.165, 1.54) is 0 Å². The van der Waals surface area contributed by atoms with Crippen molar-refractivity contribution < 1.29 is 14.2 Å². The van der Waals surface area contributed by atoms with Gasteiger partial charge in [0.2, 0.25) is 6.79 Å². The molecule has 0 aromatic rings. The maximum absolute atomic E-state index is 5.64. The predicted molar refractivity (Wildman–Crippen MR) is 47.8 cm³/mol. The van der Waals surface area contributed by atoms with Crippen LogP contribution >= 0.6 is 0 Å². The fourth-order valence-corrected chi connectivity index (χ4v) is 1.50. The van der Waals surface area contributed by atoms with E-state index in [9.17, 15) is 0 Å². The maximum Gasteiger partial charge on any atom is 0.230 e. The molecule has 0 fully saturated rings. The lowest BCUT2D eigenvalue weighted by molar-refractivity contribution is 0.0227. The number of hydrogen-bond acceptors (Lipinski definition) is 3. The van der Waals surface area contributed by atoms with E-state index in [-0.39, 0.29) is 12.2 Å². The standard InChI is InChI=1S/C10H14O3/c1-7(2)13-8-3-4-9-10(5-8)12-6-11-9/h3-4,7-8H,5-6H2,1-2H3/t8-/m0/s1. The van der Waals surface area contributed by atoms with Crippen molar-refractivity contribution in [2.24, 2.45) is 0 Å². The summed E-state index contributed by atoms with van der Waals surface area (Å²) >= 11 is 0. The summed E-state index contributed by atoms with van der Waals surface area (Å²) in [7, 11) is 0. The predicted octanol–water partition coefficient (Wildman–Crippen LogP) is 1.96. The first-order valence-electron chi connectivity index (χ1n) is 4.58. The van der Waals surface area contributed by atoms with Gasteiger partial charge in [-0.1, -0.05) is 6.08 Å². The molecule has 2 aliphatic rings. The van der Waals surface area contributed by atoms with E-state index in [0.717, 1.165) is 17.9 Å². The van der Waals surface area contributed by atoms with Crippen molar-refractivity contribution in [1.82, 2.24) is 0 Å². The van der Waals surface area contributed by atoms with Gasteiger partial charge in [-0.2, -0.15) is 0 Å². The van der Waals surface area contributed by atoms with Crippen LogP contribution in [0, 0.1) is 0 Å². The second-order valence-corrected chi connectivity index (χ2v) is 3.48. The molecule has 0 aromatic carbocycles. The van der Waals surface area contributed by atoms with E-state index in [0.29, 0.717) is 6.79 Å². The van der Waals surface area contributed by atoms with Crippen LogP contribution < -0.4 is 0 Å². The fourth-order valence-electron chi connectivity index (χ4n) is 1.50. The minimum atomic E-state index is 0.139. The third kappa shape index (κ3) is 1.86. The van der Waals surface area contributed by atoms with E-state index >= 15 is 0 Å². The Bertz CT molecular complexity index is 253. The molecule has 1 aliphatic carbocycles. The zero-order valence-electron chi connectivity index (χ0n) is 7.95. The molecular weight excluding hydrogens is 168 g/mol. The van der Waals surface area contributed by atoms with Crippen LogP contribution in [-0.2, 0) is 14.2 Å². The van der Waals surface area contributed by atoms with Crippen molar-refractivity contribution in [3.05, 3.63) is 23.7 Å². The van der Waals surface area contributed by atoms with Gasteiger partial charge >= 0.3 is 0 Å². The van der Waals surface area contributed by atoms with Gasteiger partial charge < -0.3 is 14.2 Å². The Balaban J connectivity index is 1.97. The molecule has 0 amide bonds. The van der Waals surface area contributed by atoms with Gasteiger partial charge in [-0.3, -0.25) is 0 Å². The highest BCUT2D eigenvalue weighted by atomic mass is 16.7. The molecule has 0 saturated carbocycles. The lowest BCUT2D eigenvalue weighted by Gasteiger charge is -2.19. The summed E-state index contributed by atoms with van der Waals surface area (Å²) in [6.07, 6.45) is 5.13. The topological polar surface area (TPSA) is 27.7 Å². The third-order valence-electron chi connectivity index (χ3n) is 2.02. The summed E-state index contributed by atoms with van der Waals surface area (Å²) < 4.78 is 16.2. The molecule has 13 heavy (non-hydrogen) atoms. The highest BCUT2D eigenvalue weighted by molar-refractivity contribution is 5.25. The van der Waals surface area contributed by atoms with Gasteiger partial charge in [0, 0.05) is 6.42 Å². The molecule has 1 atom stereocenters. The van der Waals surface area contributed by atoms with E-state index in [1.807, 2.05) is 26.0 Å². The molecule has 3 nitrogen and oxygen atoms in total. The summed E-state index contributed by atoms with van der Waals surface area (Å²) in [5, 5.41) is 0. The molecule has 0 radical (unpaired) electrons. The molecule has 2 rings (SSSR count). The van der Waals surface area contributed by atoms with Crippen LogP contribution in [0.15, 0.2) is 23.7 Å². The van der Waals surface area contributed by atoms with Gasteiger partial charge in [0.15, 0.2) is 5.76 Å². The zero-order valence-corrected chi connectivity index (χ0v) is 7.95. The SMILES string of the molecule is CC(C)O[C@H]1C=CC2=C(C1)OCO2. The Morgan fingerprint density at radius 3 is 3.08 bits per heavy atom. The molecule has 0 saturated heterocycles. The minimum absolute atomic E-state index is 0.139. The molecule has 0 spiro atoms. The molecule has 0 bridgehead atoms. The Labute approximate surface area is 78.0 Å².